The van der Waals surface area contributed by atoms with Gasteiger partial charge in [-0.3, -0.25) is 4.79 Å². The molecule has 2 N–H and O–H groups in total. The van der Waals surface area contributed by atoms with Gasteiger partial charge >= 0.3 is 5.97 Å². The number of hydrogen-bond acceptors (Lipinski definition) is 2. The number of carbonyl (C=O) groups is 1. The predicted octanol–water partition coefficient (Wildman–Crippen LogP) is 3.96. The predicted molar refractivity (Wildman–Crippen MR) is 81.1 cm³/mol. The Kier molecular flexibility index (Phi) is 6.62. The fourth-order valence-corrected chi connectivity index (χ4v) is 2.31. The molecule has 1 aromatic rings. The van der Waals surface area contributed by atoms with Crippen LogP contribution in [-0.2, 0) is 11.3 Å². The third kappa shape index (κ3) is 6.48. The molecule has 20 heavy (non-hydrogen) atoms. The molecule has 0 spiro atoms. The second-order valence-corrected chi connectivity index (χ2v) is 6.59. The zero-order chi connectivity index (χ0) is 15.2. The van der Waals surface area contributed by atoms with E-state index in [0.29, 0.717) is 17.4 Å². The van der Waals surface area contributed by atoms with Gasteiger partial charge in [0.05, 0.1) is 4.47 Å². The summed E-state index contributed by atoms with van der Waals surface area (Å²) in [6.07, 6.45) is 1.78. The lowest BCUT2D eigenvalue weighted by Gasteiger charge is -2.23. The molecule has 0 aliphatic carbocycles. The number of benzene rings is 1. The molecule has 0 aliphatic heterocycles. The van der Waals surface area contributed by atoms with E-state index in [1.807, 2.05) is 0 Å². The quantitative estimate of drug-likeness (QED) is 0.701. The minimum absolute atomic E-state index is 0.00870. The Balaban J connectivity index is 2.30. The smallest absolute Gasteiger partial charge is 0.303 e. The first kappa shape index (κ1) is 17.1. The van der Waals surface area contributed by atoms with E-state index >= 15 is 0 Å². The number of carboxylic acids is 1. The van der Waals surface area contributed by atoms with Gasteiger partial charge in [-0.05, 0) is 58.4 Å². The highest BCUT2D eigenvalue weighted by atomic mass is 79.9. The van der Waals surface area contributed by atoms with E-state index in [1.165, 1.54) is 6.07 Å². The van der Waals surface area contributed by atoms with Crippen molar-refractivity contribution < 1.29 is 14.3 Å². The third-order valence-electron chi connectivity index (χ3n) is 3.31. The monoisotopic (exact) mass is 345 g/mol. The molecule has 0 saturated heterocycles. The normalized spacial score (nSPS) is 11.6. The summed E-state index contributed by atoms with van der Waals surface area (Å²) in [5.41, 5.74) is 1.02. The number of nitrogens with one attached hydrogen (secondary N) is 1. The van der Waals surface area contributed by atoms with Crippen molar-refractivity contribution >= 4 is 21.9 Å². The molecule has 0 aliphatic rings. The molecular formula is C15H21BrFNO2. The Labute approximate surface area is 127 Å². The first-order valence-electron chi connectivity index (χ1n) is 6.67. The fourth-order valence-electron chi connectivity index (χ4n) is 1.88. The lowest BCUT2D eigenvalue weighted by molar-refractivity contribution is -0.137. The number of carboxylic acid groups (broad SMARTS) is 1. The lowest BCUT2D eigenvalue weighted by atomic mass is 9.84. The minimum Gasteiger partial charge on any atom is -0.481 e. The van der Waals surface area contributed by atoms with Crippen molar-refractivity contribution in [3.63, 3.8) is 0 Å². The Hall–Kier alpha value is -0.940. The average molecular weight is 346 g/mol. The molecule has 0 amide bonds. The van der Waals surface area contributed by atoms with Gasteiger partial charge in [0.25, 0.3) is 0 Å². The minimum atomic E-state index is -0.748. The van der Waals surface area contributed by atoms with Crippen molar-refractivity contribution in [2.45, 2.75) is 39.7 Å². The fraction of sp³-hybridized carbons (Fsp3) is 0.533. The van der Waals surface area contributed by atoms with E-state index in [0.717, 1.165) is 18.5 Å². The number of aliphatic carboxylic acids is 1. The summed E-state index contributed by atoms with van der Waals surface area (Å²) in [5.74, 6) is -1.01. The average Bonchev–Trinajstić information content (AvgIpc) is 2.37. The highest BCUT2D eigenvalue weighted by Crippen LogP contribution is 2.26. The molecular weight excluding hydrogens is 325 g/mol. The first-order chi connectivity index (χ1) is 9.30. The van der Waals surface area contributed by atoms with E-state index in [1.54, 1.807) is 12.1 Å². The molecule has 1 aromatic carbocycles. The van der Waals surface area contributed by atoms with Crippen LogP contribution in [0.25, 0.3) is 0 Å². The molecule has 0 heterocycles. The van der Waals surface area contributed by atoms with E-state index in [-0.39, 0.29) is 17.7 Å². The Morgan fingerprint density at radius 3 is 2.70 bits per heavy atom. The van der Waals surface area contributed by atoms with Gasteiger partial charge in [-0.25, -0.2) is 4.39 Å². The highest BCUT2D eigenvalue weighted by Gasteiger charge is 2.18. The summed E-state index contributed by atoms with van der Waals surface area (Å²) in [7, 11) is 0. The van der Waals surface area contributed by atoms with Gasteiger partial charge in [0, 0.05) is 13.0 Å². The van der Waals surface area contributed by atoms with Crippen LogP contribution in [0.3, 0.4) is 0 Å². The van der Waals surface area contributed by atoms with Crippen molar-refractivity contribution in [1.29, 1.82) is 0 Å². The first-order valence-corrected chi connectivity index (χ1v) is 7.46. The highest BCUT2D eigenvalue weighted by molar-refractivity contribution is 9.10. The van der Waals surface area contributed by atoms with Crippen molar-refractivity contribution in [3.05, 3.63) is 34.1 Å². The van der Waals surface area contributed by atoms with Crippen LogP contribution in [0.15, 0.2) is 22.7 Å². The van der Waals surface area contributed by atoms with E-state index in [4.69, 9.17) is 5.11 Å². The van der Waals surface area contributed by atoms with Crippen molar-refractivity contribution in [2.24, 2.45) is 5.41 Å². The number of hydrogen-bond donors (Lipinski definition) is 2. The van der Waals surface area contributed by atoms with Gasteiger partial charge in [-0.2, -0.15) is 0 Å². The van der Waals surface area contributed by atoms with E-state index < -0.39 is 5.97 Å². The lowest BCUT2D eigenvalue weighted by Crippen LogP contribution is -2.23. The summed E-state index contributed by atoms with van der Waals surface area (Å²) >= 11 is 3.16. The van der Waals surface area contributed by atoms with Gasteiger partial charge in [0.2, 0.25) is 0 Å². The summed E-state index contributed by atoms with van der Waals surface area (Å²) in [5, 5.41) is 12.0. The largest absolute Gasteiger partial charge is 0.481 e. The molecule has 0 aromatic heterocycles. The van der Waals surface area contributed by atoms with Crippen LogP contribution in [0.1, 0.15) is 38.7 Å². The number of halogens is 2. The topological polar surface area (TPSA) is 49.3 Å². The molecule has 0 unspecified atom stereocenters. The van der Waals surface area contributed by atoms with E-state index in [9.17, 15) is 9.18 Å². The molecule has 0 fully saturated rings. The van der Waals surface area contributed by atoms with Crippen LogP contribution >= 0.6 is 15.9 Å². The van der Waals surface area contributed by atoms with Crippen molar-refractivity contribution in [2.75, 3.05) is 6.54 Å². The van der Waals surface area contributed by atoms with Gasteiger partial charge in [0.1, 0.15) is 5.82 Å². The van der Waals surface area contributed by atoms with Crippen molar-refractivity contribution in [3.8, 4) is 0 Å². The molecule has 1 rings (SSSR count). The zero-order valence-corrected chi connectivity index (χ0v) is 13.5. The Morgan fingerprint density at radius 2 is 2.10 bits per heavy atom. The van der Waals surface area contributed by atoms with Crippen LogP contribution in [0.2, 0.25) is 0 Å². The van der Waals surface area contributed by atoms with Gasteiger partial charge in [-0.15, -0.1) is 0 Å². The number of rotatable bonds is 8. The second kappa shape index (κ2) is 7.74. The Morgan fingerprint density at radius 1 is 1.40 bits per heavy atom. The van der Waals surface area contributed by atoms with Gasteiger partial charge in [-0.1, -0.05) is 19.9 Å². The summed E-state index contributed by atoms with van der Waals surface area (Å²) < 4.78 is 13.5. The summed E-state index contributed by atoms with van der Waals surface area (Å²) in [6.45, 7) is 5.63. The summed E-state index contributed by atoms with van der Waals surface area (Å²) in [4.78, 5) is 10.6. The maximum atomic E-state index is 13.1. The molecule has 112 valence electrons. The molecule has 0 bridgehead atoms. The molecule has 0 saturated carbocycles. The molecule has 0 atom stereocenters. The van der Waals surface area contributed by atoms with Crippen molar-refractivity contribution in [1.82, 2.24) is 5.32 Å². The third-order valence-corrected chi connectivity index (χ3v) is 3.92. The van der Waals surface area contributed by atoms with E-state index in [2.05, 4.69) is 35.1 Å². The van der Waals surface area contributed by atoms with Gasteiger partial charge < -0.3 is 10.4 Å². The maximum Gasteiger partial charge on any atom is 0.303 e. The molecule has 5 heteroatoms. The zero-order valence-electron chi connectivity index (χ0n) is 11.9. The van der Waals surface area contributed by atoms with Crippen LogP contribution in [0, 0.1) is 11.2 Å². The maximum absolute atomic E-state index is 13.1. The van der Waals surface area contributed by atoms with Crippen LogP contribution in [0.4, 0.5) is 4.39 Å². The summed E-state index contributed by atoms with van der Waals surface area (Å²) in [6, 6.07) is 4.96. The second-order valence-electron chi connectivity index (χ2n) is 5.73. The standard InChI is InChI=1S/C15H21BrFNO2/c1-15(2,6-5-14(19)20)7-8-18-10-11-3-4-13(17)12(16)9-11/h3-4,9,18H,5-8,10H2,1-2H3,(H,19,20). The SMILES string of the molecule is CC(C)(CCNCc1ccc(F)c(Br)c1)CCC(=O)O. The van der Waals surface area contributed by atoms with Crippen LogP contribution < -0.4 is 5.32 Å². The Bertz CT molecular complexity index is 463. The molecule has 0 radical (unpaired) electrons. The molecule has 3 nitrogen and oxygen atoms in total. The van der Waals surface area contributed by atoms with Crippen LogP contribution in [-0.4, -0.2) is 17.6 Å². The van der Waals surface area contributed by atoms with Crippen LogP contribution in [0.5, 0.6) is 0 Å². The van der Waals surface area contributed by atoms with Gasteiger partial charge in [0.15, 0.2) is 0 Å².